The third-order valence-electron chi connectivity index (χ3n) is 4.48. The molecule has 2 aromatic carbocycles. The smallest absolute Gasteiger partial charge is 0.237 e. The van der Waals surface area contributed by atoms with Gasteiger partial charge in [-0.25, -0.2) is 0 Å². The minimum Gasteiger partial charge on any atom is -0.399 e. The van der Waals surface area contributed by atoms with E-state index in [-0.39, 0.29) is 24.3 Å². The largest absolute Gasteiger partial charge is 0.399 e. The Balaban J connectivity index is 1.92. The van der Waals surface area contributed by atoms with Gasteiger partial charge in [0.2, 0.25) is 11.8 Å². The van der Waals surface area contributed by atoms with Crippen molar-refractivity contribution < 1.29 is 9.59 Å². The normalized spacial score (nSPS) is 19.8. The summed E-state index contributed by atoms with van der Waals surface area (Å²) in [5, 5.41) is 5.00. The summed E-state index contributed by atoms with van der Waals surface area (Å²) in [6, 6.07) is 14.9. The summed E-state index contributed by atoms with van der Waals surface area (Å²) in [4.78, 5) is 26.6. The number of carbonyl (C=O) groups excluding carboxylic acids is 2. The maximum Gasteiger partial charge on any atom is 0.237 e. The molecule has 120 valence electrons. The van der Waals surface area contributed by atoms with Crippen molar-refractivity contribution in [2.45, 2.75) is 18.9 Å². The van der Waals surface area contributed by atoms with Gasteiger partial charge in [0.15, 0.2) is 0 Å². The molecule has 1 aliphatic heterocycles. The van der Waals surface area contributed by atoms with Crippen LogP contribution in [0.15, 0.2) is 48.5 Å². The lowest BCUT2D eigenvalue weighted by Gasteiger charge is -2.32. The van der Waals surface area contributed by atoms with Crippen molar-refractivity contribution in [1.82, 2.24) is 5.32 Å². The van der Waals surface area contributed by atoms with Crippen LogP contribution in [0.4, 0.5) is 11.4 Å². The van der Waals surface area contributed by atoms with E-state index in [0.29, 0.717) is 12.1 Å². The van der Waals surface area contributed by atoms with E-state index in [4.69, 9.17) is 5.73 Å². The standard InChI is InChI=1S/C19H17N3O2/c20-13-6-8-14(9-7-13)22-16-10-5-12-3-1-2-4-15(12)19(16)21-17(23)11-18(22)24/h1-9,16H,10-11,20H2,(H,21,23). The molecule has 0 radical (unpaired) electrons. The zero-order valence-electron chi connectivity index (χ0n) is 13.0. The van der Waals surface area contributed by atoms with Crippen LogP contribution in [-0.4, -0.2) is 17.9 Å². The summed E-state index contributed by atoms with van der Waals surface area (Å²) in [6.07, 6.45) is 2.61. The first kappa shape index (κ1) is 14.5. The molecule has 2 amide bonds. The van der Waals surface area contributed by atoms with E-state index in [2.05, 4.69) is 11.4 Å². The van der Waals surface area contributed by atoms with E-state index >= 15 is 0 Å². The molecule has 1 aliphatic carbocycles. The van der Waals surface area contributed by atoms with Crippen molar-refractivity contribution in [2.24, 2.45) is 0 Å². The quantitative estimate of drug-likeness (QED) is 0.593. The number of nitrogens with one attached hydrogen (secondary N) is 1. The van der Waals surface area contributed by atoms with Crippen molar-refractivity contribution in [1.29, 1.82) is 0 Å². The number of nitrogen functional groups attached to an aromatic ring is 1. The fraction of sp³-hybridized carbons (Fsp3) is 0.158. The van der Waals surface area contributed by atoms with Gasteiger partial charge in [0.1, 0.15) is 6.42 Å². The summed E-state index contributed by atoms with van der Waals surface area (Å²) >= 11 is 0. The number of hydrogen-bond donors (Lipinski definition) is 2. The van der Waals surface area contributed by atoms with Gasteiger partial charge in [-0.05, 0) is 35.9 Å². The lowest BCUT2D eigenvalue weighted by Crippen LogP contribution is -2.47. The second kappa shape index (κ2) is 5.53. The first-order valence-corrected chi connectivity index (χ1v) is 7.90. The van der Waals surface area contributed by atoms with E-state index in [1.165, 1.54) is 0 Å². The minimum absolute atomic E-state index is 0.160. The highest BCUT2D eigenvalue weighted by molar-refractivity contribution is 6.10. The Labute approximate surface area is 139 Å². The number of nitrogens with zero attached hydrogens (tertiary/aromatic N) is 1. The molecule has 0 saturated carbocycles. The number of hydrogen-bond acceptors (Lipinski definition) is 3. The number of anilines is 2. The van der Waals surface area contributed by atoms with Crippen molar-refractivity contribution in [2.75, 3.05) is 10.6 Å². The first-order valence-electron chi connectivity index (χ1n) is 7.90. The number of fused-ring (bicyclic) bond motifs is 2. The Hall–Kier alpha value is -3.08. The topological polar surface area (TPSA) is 75.4 Å². The van der Waals surface area contributed by atoms with Gasteiger partial charge >= 0.3 is 0 Å². The number of amides is 2. The Morgan fingerprint density at radius 3 is 2.58 bits per heavy atom. The van der Waals surface area contributed by atoms with Gasteiger partial charge in [0, 0.05) is 22.3 Å². The molecule has 0 bridgehead atoms. The molecule has 2 aromatic rings. The van der Waals surface area contributed by atoms with Crippen LogP contribution >= 0.6 is 0 Å². The molecule has 1 saturated heterocycles. The summed E-state index contributed by atoms with van der Waals surface area (Å²) < 4.78 is 0. The van der Waals surface area contributed by atoms with Gasteiger partial charge in [-0.15, -0.1) is 0 Å². The zero-order chi connectivity index (χ0) is 16.7. The summed E-state index contributed by atoms with van der Waals surface area (Å²) in [5.41, 5.74) is 7.94. The van der Waals surface area contributed by atoms with Gasteiger partial charge in [-0.2, -0.15) is 0 Å². The van der Waals surface area contributed by atoms with Crippen molar-refractivity contribution >= 4 is 35.0 Å². The van der Waals surface area contributed by atoms with Crippen LogP contribution in [0.2, 0.25) is 0 Å². The molecule has 24 heavy (non-hydrogen) atoms. The molecular formula is C19H17N3O2. The number of rotatable bonds is 1. The molecule has 0 aromatic heterocycles. The number of nitrogens with two attached hydrogens (primary N) is 1. The Morgan fingerprint density at radius 2 is 1.79 bits per heavy atom. The van der Waals surface area contributed by atoms with E-state index in [9.17, 15) is 9.59 Å². The van der Waals surface area contributed by atoms with Crippen molar-refractivity contribution in [3.8, 4) is 0 Å². The second-order valence-corrected chi connectivity index (χ2v) is 6.04. The average molecular weight is 319 g/mol. The molecule has 4 rings (SSSR count). The van der Waals surface area contributed by atoms with Crippen LogP contribution in [0.1, 0.15) is 12.8 Å². The second-order valence-electron chi connectivity index (χ2n) is 6.04. The van der Waals surface area contributed by atoms with E-state index in [0.717, 1.165) is 21.8 Å². The fourth-order valence-electron chi connectivity index (χ4n) is 3.39. The highest BCUT2D eigenvalue weighted by Crippen LogP contribution is 2.27. The SMILES string of the molecule is Nc1ccc(N2C(=O)CC(=O)NC3=c4ccccc4=CCC32)cc1. The van der Waals surface area contributed by atoms with Crippen LogP contribution in [0.3, 0.4) is 0 Å². The lowest BCUT2D eigenvalue weighted by molar-refractivity contribution is -0.126. The summed E-state index contributed by atoms with van der Waals surface area (Å²) in [6.45, 7) is 0. The number of benzene rings is 2. The Kier molecular flexibility index (Phi) is 3.34. The van der Waals surface area contributed by atoms with Gasteiger partial charge in [-0.3, -0.25) is 9.59 Å². The molecule has 1 unspecified atom stereocenters. The molecule has 5 nitrogen and oxygen atoms in total. The first-order chi connectivity index (χ1) is 11.6. The predicted molar refractivity (Wildman–Crippen MR) is 93.1 cm³/mol. The fourth-order valence-corrected chi connectivity index (χ4v) is 3.39. The summed E-state index contributed by atoms with van der Waals surface area (Å²) in [7, 11) is 0. The minimum atomic E-state index is -0.269. The predicted octanol–water partition coefficient (Wildman–Crippen LogP) is 0.483. The molecule has 1 atom stereocenters. The Morgan fingerprint density at radius 1 is 1.04 bits per heavy atom. The molecule has 1 heterocycles. The molecule has 5 heteroatoms. The molecule has 0 spiro atoms. The molecular weight excluding hydrogens is 302 g/mol. The molecule has 3 N–H and O–H groups in total. The summed E-state index contributed by atoms with van der Waals surface area (Å²) in [5.74, 6) is -0.472. The maximum absolute atomic E-state index is 12.7. The third-order valence-corrected chi connectivity index (χ3v) is 4.48. The van der Waals surface area contributed by atoms with Gasteiger partial charge in [-0.1, -0.05) is 30.3 Å². The highest BCUT2D eigenvalue weighted by atomic mass is 16.2. The van der Waals surface area contributed by atoms with E-state index in [1.54, 1.807) is 17.0 Å². The van der Waals surface area contributed by atoms with Crippen molar-refractivity contribution in [3.63, 3.8) is 0 Å². The van der Waals surface area contributed by atoms with E-state index < -0.39 is 0 Å². The highest BCUT2D eigenvalue weighted by Gasteiger charge is 2.34. The zero-order valence-corrected chi connectivity index (χ0v) is 13.0. The lowest BCUT2D eigenvalue weighted by atomic mass is 9.98. The third kappa shape index (κ3) is 2.34. The van der Waals surface area contributed by atoms with Crippen molar-refractivity contribution in [3.05, 3.63) is 59.0 Å². The van der Waals surface area contributed by atoms with Crippen LogP contribution in [0, 0.1) is 0 Å². The Bertz CT molecular complexity index is 947. The maximum atomic E-state index is 12.7. The van der Waals surface area contributed by atoms with Crippen LogP contribution in [-0.2, 0) is 9.59 Å². The van der Waals surface area contributed by atoms with Crippen LogP contribution < -0.4 is 26.4 Å². The van der Waals surface area contributed by atoms with Gasteiger partial charge < -0.3 is 16.0 Å². The van der Waals surface area contributed by atoms with Gasteiger partial charge in [0.05, 0.1) is 6.04 Å². The average Bonchev–Trinajstić information content (AvgIpc) is 2.71. The number of carbonyl (C=O) groups is 2. The van der Waals surface area contributed by atoms with Gasteiger partial charge in [0.25, 0.3) is 0 Å². The molecule has 1 fully saturated rings. The molecule has 2 aliphatic rings. The van der Waals surface area contributed by atoms with E-state index in [1.807, 2.05) is 36.4 Å². The monoisotopic (exact) mass is 319 g/mol. The van der Waals surface area contributed by atoms with Crippen LogP contribution in [0.25, 0.3) is 11.8 Å². The van der Waals surface area contributed by atoms with Crippen LogP contribution in [0.5, 0.6) is 0 Å².